The summed E-state index contributed by atoms with van der Waals surface area (Å²) < 4.78 is 0. The summed E-state index contributed by atoms with van der Waals surface area (Å²) in [5, 5.41) is 10.8. The van der Waals surface area contributed by atoms with Gasteiger partial charge < -0.3 is 4.84 Å². The molecule has 18 heavy (non-hydrogen) atoms. The summed E-state index contributed by atoms with van der Waals surface area (Å²) in [6.45, 7) is -0.237. The van der Waals surface area contributed by atoms with Crippen molar-refractivity contribution in [3.63, 3.8) is 0 Å². The van der Waals surface area contributed by atoms with Crippen LogP contribution in [0.2, 0.25) is 0 Å². The zero-order valence-corrected chi connectivity index (χ0v) is 8.99. The van der Waals surface area contributed by atoms with E-state index in [9.17, 15) is 24.5 Å². The summed E-state index contributed by atoms with van der Waals surface area (Å²) in [7, 11) is 0. The molecule has 1 saturated heterocycles. The van der Waals surface area contributed by atoms with Crippen LogP contribution in [0.25, 0.3) is 0 Å². The Balaban J connectivity index is 2.04. The van der Waals surface area contributed by atoms with Crippen LogP contribution in [0, 0.1) is 10.1 Å². The number of hydrogen-bond donors (Lipinski definition) is 0. The van der Waals surface area contributed by atoms with Crippen molar-refractivity contribution in [3.05, 3.63) is 21.9 Å². The van der Waals surface area contributed by atoms with Gasteiger partial charge in [0.1, 0.15) is 6.54 Å². The predicted molar refractivity (Wildman–Crippen MR) is 54.6 cm³/mol. The van der Waals surface area contributed by atoms with Gasteiger partial charge in [-0.3, -0.25) is 24.7 Å². The highest BCUT2D eigenvalue weighted by Crippen LogP contribution is 2.14. The number of carbonyl (C=O) groups is 3. The van der Waals surface area contributed by atoms with Gasteiger partial charge in [-0.2, -0.15) is 0 Å². The van der Waals surface area contributed by atoms with E-state index in [1.165, 1.54) is 0 Å². The lowest BCUT2D eigenvalue weighted by atomic mass is 10.3. The second-order valence-electron chi connectivity index (χ2n) is 3.55. The van der Waals surface area contributed by atoms with Crippen LogP contribution in [-0.4, -0.2) is 40.0 Å². The first kappa shape index (κ1) is 11.9. The fraction of sp³-hybridized carbons (Fsp3) is 0.333. The minimum absolute atomic E-state index is 0.0193. The number of hydroxylamine groups is 2. The van der Waals surface area contributed by atoms with E-state index in [0.717, 1.165) is 6.08 Å². The van der Waals surface area contributed by atoms with E-state index in [4.69, 9.17) is 0 Å². The summed E-state index contributed by atoms with van der Waals surface area (Å²) in [5.74, 6) is -2.30. The van der Waals surface area contributed by atoms with Gasteiger partial charge in [-0.05, 0) is 0 Å². The Morgan fingerprint density at radius 3 is 2.50 bits per heavy atom. The van der Waals surface area contributed by atoms with Crippen molar-refractivity contribution in [3.8, 4) is 0 Å². The van der Waals surface area contributed by atoms with Crippen molar-refractivity contribution >= 4 is 23.5 Å². The molecule has 0 spiro atoms. The van der Waals surface area contributed by atoms with Crippen LogP contribution >= 0.6 is 0 Å². The smallest absolute Gasteiger partial charge is 0.323 e. The Kier molecular flexibility index (Phi) is 2.88. The van der Waals surface area contributed by atoms with Crippen molar-refractivity contribution in [2.45, 2.75) is 12.8 Å². The molecule has 9 heteroatoms. The summed E-state index contributed by atoms with van der Waals surface area (Å²) in [4.78, 5) is 51.7. The van der Waals surface area contributed by atoms with Gasteiger partial charge in [0.25, 0.3) is 17.5 Å². The Labute approximate surface area is 99.8 Å². The number of carbonyl (C=O) groups excluding carboxylic acids is 3. The van der Waals surface area contributed by atoms with Crippen LogP contribution in [0.15, 0.2) is 16.8 Å². The van der Waals surface area contributed by atoms with Gasteiger partial charge in [0, 0.05) is 18.9 Å². The molecule has 0 aromatic rings. The third-order valence-electron chi connectivity index (χ3n) is 2.34. The predicted octanol–water partition coefficient (Wildman–Crippen LogP) is -0.791. The van der Waals surface area contributed by atoms with Crippen molar-refractivity contribution in [1.29, 1.82) is 0 Å². The van der Waals surface area contributed by atoms with Crippen LogP contribution in [-0.2, 0) is 19.2 Å². The van der Waals surface area contributed by atoms with E-state index in [1.807, 2.05) is 0 Å². The molecular formula is C9H7N3O6. The molecule has 0 aromatic carbocycles. The Hall–Kier alpha value is -2.58. The lowest BCUT2D eigenvalue weighted by Crippen LogP contribution is -2.34. The lowest BCUT2D eigenvalue weighted by molar-refractivity contribution is -0.424. The Morgan fingerprint density at radius 2 is 2.00 bits per heavy atom. The molecule has 2 aliphatic rings. The van der Waals surface area contributed by atoms with E-state index >= 15 is 0 Å². The molecule has 0 aromatic heterocycles. The van der Waals surface area contributed by atoms with Gasteiger partial charge in [-0.25, -0.2) is 4.79 Å². The van der Waals surface area contributed by atoms with Crippen molar-refractivity contribution in [1.82, 2.24) is 5.06 Å². The highest BCUT2D eigenvalue weighted by Gasteiger charge is 2.34. The average Bonchev–Trinajstić information content (AvgIpc) is 2.91. The minimum atomic E-state index is -1.06. The molecule has 0 unspecified atom stereocenters. The minimum Gasteiger partial charge on any atom is -0.323 e. The van der Waals surface area contributed by atoms with Crippen LogP contribution in [0.1, 0.15) is 12.8 Å². The number of hydrogen-bond acceptors (Lipinski definition) is 7. The molecule has 0 N–H and O–H groups in total. The number of imide groups is 1. The van der Waals surface area contributed by atoms with Crippen molar-refractivity contribution in [2.24, 2.45) is 4.99 Å². The van der Waals surface area contributed by atoms with E-state index < -0.39 is 22.7 Å². The summed E-state index contributed by atoms with van der Waals surface area (Å²) in [5.41, 5.74) is -0.532. The number of aliphatic imine (C=N–C) groups is 1. The van der Waals surface area contributed by atoms with Gasteiger partial charge in [0.15, 0.2) is 5.71 Å². The third kappa shape index (κ3) is 2.10. The first-order chi connectivity index (χ1) is 8.49. The zero-order chi connectivity index (χ0) is 13.3. The molecule has 0 saturated carbocycles. The first-order valence-electron chi connectivity index (χ1n) is 4.96. The second-order valence-corrected chi connectivity index (χ2v) is 3.55. The molecule has 0 radical (unpaired) electrons. The molecule has 2 amide bonds. The maximum Gasteiger partial charge on any atom is 0.381 e. The van der Waals surface area contributed by atoms with Crippen LogP contribution in [0.5, 0.6) is 0 Å². The number of amides is 2. The molecule has 0 aliphatic carbocycles. The quantitative estimate of drug-likeness (QED) is 0.369. The summed E-state index contributed by atoms with van der Waals surface area (Å²) in [6, 6.07) is 0. The zero-order valence-electron chi connectivity index (χ0n) is 8.99. The first-order valence-corrected chi connectivity index (χ1v) is 4.96. The third-order valence-corrected chi connectivity index (χ3v) is 2.34. The lowest BCUT2D eigenvalue weighted by Gasteiger charge is -2.11. The second kappa shape index (κ2) is 4.35. The van der Waals surface area contributed by atoms with E-state index in [1.54, 1.807) is 0 Å². The molecule has 2 aliphatic heterocycles. The monoisotopic (exact) mass is 253 g/mol. The molecule has 2 heterocycles. The SMILES string of the molecule is O=C(ON1C(=O)CCC1=O)C1=NCC([N+](=O)[O-])=C1. The average molecular weight is 253 g/mol. The van der Waals surface area contributed by atoms with Gasteiger partial charge in [0.05, 0.1) is 4.92 Å². The molecule has 9 nitrogen and oxygen atoms in total. The van der Waals surface area contributed by atoms with Crippen LogP contribution in [0.3, 0.4) is 0 Å². The number of nitrogens with zero attached hydrogens (tertiary/aromatic N) is 3. The fourth-order valence-corrected chi connectivity index (χ4v) is 1.44. The van der Waals surface area contributed by atoms with Crippen LogP contribution in [0.4, 0.5) is 0 Å². The molecular weight excluding hydrogens is 246 g/mol. The highest BCUT2D eigenvalue weighted by atomic mass is 16.7. The van der Waals surface area contributed by atoms with Gasteiger partial charge in [-0.1, -0.05) is 0 Å². The molecule has 2 rings (SSSR count). The molecule has 1 fully saturated rings. The number of rotatable bonds is 3. The van der Waals surface area contributed by atoms with Gasteiger partial charge in [-0.15, -0.1) is 5.06 Å². The van der Waals surface area contributed by atoms with Gasteiger partial charge >= 0.3 is 5.97 Å². The van der Waals surface area contributed by atoms with Gasteiger partial charge in [0.2, 0.25) is 0 Å². The Bertz CT molecular complexity index is 504. The Morgan fingerprint density at radius 1 is 1.39 bits per heavy atom. The molecule has 0 atom stereocenters. The van der Waals surface area contributed by atoms with Crippen LogP contribution < -0.4 is 0 Å². The summed E-state index contributed by atoms with van der Waals surface area (Å²) >= 11 is 0. The number of nitro groups is 1. The fourth-order valence-electron chi connectivity index (χ4n) is 1.44. The summed E-state index contributed by atoms with van der Waals surface area (Å²) in [6.07, 6.45) is 0.913. The normalized spacial score (nSPS) is 18.8. The van der Waals surface area contributed by atoms with E-state index in [-0.39, 0.29) is 30.8 Å². The highest BCUT2D eigenvalue weighted by molar-refractivity contribution is 6.42. The van der Waals surface area contributed by atoms with Crippen molar-refractivity contribution < 1.29 is 24.1 Å². The maximum atomic E-state index is 11.5. The molecule has 0 bridgehead atoms. The standard InChI is InChI=1S/C9H7N3O6/c13-7-1-2-8(14)11(7)18-9(15)6-3-5(4-10-6)12(16)17/h3H,1-2,4H2. The van der Waals surface area contributed by atoms with Crippen molar-refractivity contribution in [2.75, 3.05) is 6.54 Å². The van der Waals surface area contributed by atoms with E-state index in [2.05, 4.69) is 9.83 Å². The molecule has 94 valence electrons. The topological polar surface area (TPSA) is 119 Å². The van der Waals surface area contributed by atoms with E-state index in [0.29, 0.717) is 5.06 Å². The maximum absolute atomic E-state index is 11.5. The largest absolute Gasteiger partial charge is 0.381 e.